The minimum atomic E-state index is 0.651. The maximum Gasteiger partial charge on any atom is 0.0489 e. The molecule has 0 amide bonds. The van der Waals surface area contributed by atoms with Gasteiger partial charge in [0.05, 0.1) is 0 Å². The van der Waals surface area contributed by atoms with Crippen molar-refractivity contribution >= 4 is 0 Å². The highest BCUT2D eigenvalue weighted by atomic mass is 16.5. The minimum Gasteiger partial charge on any atom is -0.381 e. The topological polar surface area (TPSA) is 24.5 Å². The Kier molecular flexibility index (Phi) is 8.67. The van der Waals surface area contributed by atoms with Crippen LogP contribution in [0.1, 0.15) is 47.0 Å². The molecule has 0 aromatic carbocycles. The summed E-state index contributed by atoms with van der Waals surface area (Å²) < 4.78 is 5.67. The monoisotopic (exact) mass is 270 g/mol. The first-order valence-electron chi connectivity index (χ1n) is 8.15. The molecule has 0 aromatic rings. The van der Waals surface area contributed by atoms with E-state index in [0.29, 0.717) is 12.0 Å². The van der Waals surface area contributed by atoms with E-state index < -0.39 is 0 Å². The van der Waals surface area contributed by atoms with Crippen molar-refractivity contribution in [3.05, 3.63) is 0 Å². The molecule has 0 spiro atoms. The van der Waals surface area contributed by atoms with Gasteiger partial charge in [-0.25, -0.2) is 0 Å². The molecule has 1 fully saturated rings. The van der Waals surface area contributed by atoms with E-state index in [1.807, 2.05) is 0 Å². The van der Waals surface area contributed by atoms with Crippen LogP contribution in [0, 0.1) is 11.8 Å². The lowest BCUT2D eigenvalue weighted by Crippen LogP contribution is -2.43. The molecule has 0 saturated carbocycles. The predicted molar refractivity (Wildman–Crippen MR) is 82.6 cm³/mol. The summed E-state index contributed by atoms with van der Waals surface area (Å²) in [6.07, 6.45) is 3.71. The van der Waals surface area contributed by atoms with Crippen molar-refractivity contribution in [3.8, 4) is 0 Å². The lowest BCUT2D eigenvalue weighted by atomic mass is 10.0. The fourth-order valence-corrected chi connectivity index (χ4v) is 2.67. The van der Waals surface area contributed by atoms with Crippen LogP contribution in [0.15, 0.2) is 0 Å². The fourth-order valence-electron chi connectivity index (χ4n) is 2.67. The third-order valence-corrected chi connectivity index (χ3v) is 3.83. The van der Waals surface area contributed by atoms with Crippen LogP contribution in [0.5, 0.6) is 0 Å². The second-order valence-electron chi connectivity index (χ2n) is 6.53. The van der Waals surface area contributed by atoms with Crippen molar-refractivity contribution in [1.82, 2.24) is 10.2 Å². The SMILES string of the molecule is CCC1CCN(CCCOCC(C)C)CC(C)CN1. The summed E-state index contributed by atoms with van der Waals surface area (Å²) in [6, 6.07) is 0.711. The van der Waals surface area contributed by atoms with Crippen molar-refractivity contribution in [1.29, 1.82) is 0 Å². The van der Waals surface area contributed by atoms with Crippen LogP contribution in [0.4, 0.5) is 0 Å². The Morgan fingerprint density at radius 2 is 2.16 bits per heavy atom. The van der Waals surface area contributed by atoms with Gasteiger partial charge in [-0.3, -0.25) is 0 Å². The van der Waals surface area contributed by atoms with Crippen LogP contribution in [0.2, 0.25) is 0 Å². The lowest BCUT2D eigenvalue weighted by Gasteiger charge is -2.32. The fraction of sp³-hybridized carbons (Fsp3) is 1.00. The molecule has 1 heterocycles. The number of ether oxygens (including phenoxy) is 1. The Bertz CT molecular complexity index is 221. The van der Waals surface area contributed by atoms with Gasteiger partial charge in [-0.2, -0.15) is 0 Å². The zero-order valence-corrected chi connectivity index (χ0v) is 13.5. The molecule has 3 heteroatoms. The van der Waals surface area contributed by atoms with E-state index >= 15 is 0 Å². The average molecular weight is 270 g/mol. The van der Waals surface area contributed by atoms with Gasteiger partial charge < -0.3 is 15.0 Å². The van der Waals surface area contributed by atoms with Gasteiger partial charge in [0.25, 0.3) is 0 Å². The van der Waals surface area contributed by atoms with Gasteiger partial charge >= 0.3 is 0 Å². The Balaban J connectivity index is 2.19. The second kappa shape index (κ2) is 9.73. The molecule has 0 aliphatic carbocycles. The minimum absolute atomic E-state index is 0.651. The van der Waals surface area contributed by atoms with E-state index in [4.69, 9.17) is 4.74 Å². The first kappa shape index (κ1) is 16.9. The van der Waals surface area contributed by atoms with Crippen molar-refractivity contribution in [2.24, 2.45) is 11.8 Å². The normalized spacial score (nSPS) is 26.4. The van der Waals surface area contributed by atoms with Gasteiger partial charge in [0.15, 0.2) is 0 Å². The van der Waals surface area contributed by atoms with Crippen molar-refractivity contribution in [2.45, 2.75) is 53.0 Å². The summed E-state index contributed by atoms with van der Waals surface area (Å²) in [5.74, 6) is 1.41. The highest BCUT2D eigenvalue weighted by Crippen LogP contribution is 2.09. The van der Waals surface area contributed by atoms with Gasteiger partial charge in [0.2, 0.25) is 0 Å². The quantitative estimate of drug-likeness (QED) is 0.720. The largest absolute Gasteiger partial charge is 0.381 e. The summed E-state index contributed by atoms with van der Waals surface area (Å²) in [6.45, 7) is 15.7. The maximum absolute atomic E-state index is 5.67. The molecule has 2 atom stereocenters. The van der Waals surface area contributed by atoms with Crippen LogP contribution in [0.25, 0.3) is 0 Å². The third kappa shape index (κ3) is 7.91. The van der Waals surface area contributed by atoms with E-state index in [-0.39, 0.29) is 0 Å². The zero-order chi connectivity index (χ0) is 14.1. The van der Waals surface area contributed by atoms with Crippen LogP contribution >= 0.6 is 0 Å². The number of hydrogen-bond donors (Lipinski definition) is 1. The summed E-state index contributed by atoms with van der Waals surface area (Å²) >= 11 is 0. The number of nitrogens with one attached hydrogen (secondary N) is 1. The van der Waals surface area contributed by atoms with Crippen LogP contribution in [-0.2, 0) is 4.74 Å². The molecule has 2 unspecified atom stereocenters. The van der Waals surface area contributed by atoms with Crippen LogP contribution in [-0.4, -0.2) is 50.3 Å². The second-order valence-corrected chi connectivity index (χ2v) is 6.53. The lowest BCUT2D eigenvalue weighted by molar-refractivity contribution is 0.0953. The molecule has 1 saturated heterocycles. The summed E-state index contributed by atoms with van der Waals surface area (Å²) in [5.41, 5.74) is 0. The van der Waals surface area contributed by atoms with Crippen molar-refractivity contribution < 1.29 is 4.74 Å². The molecule has 0 aromatic heterocycles. The first-order valence-corrected chi connectivity index (χ1v) is 8.15. The molecular weight excluding hydrogens is 236 g/mol. The van der Waals surface area contributed by atoms with Crippen molar-refractivity contribution in [2.75, 3.05) is 39.4 Å². The summed E-state index contributed by atoms with van der Waals surface area (Å²) in [4.78, 5) is 2.63. The Morgan fingerprint density at radius 1 is 1.37 bits per heavy atom. The van der Waals surface area contributed by atoms with E-state index in [9.17, 15) is 0 Å². The van der Waals surface area contributed by atoms with Gasteiger partial charge in [-0.1, -0.05) is 27.7 Å². The Hall–Kier alpha value is -0.120. The van der Waals surface area contributed by atoms with Gasteiger partial charge in [0.1, 0.15) is 0 Å². The molecule has 114 valence electrons. The van der Waals surface area contributed by atoms with Gasteiger partial charge in [0, 0.05) is 32.3 Å². The molecule has 3 nitrogen and oxygen atoms in total. The molecule has 1 aliphatic heterocycles. The van der Waals surface area contributed by atoms with E-state index in [1.165, 1.54) is 45.4 Å². The molecular formula is C16H34N2O. The smallest absolute Gasteiger partial charge is 0.0489 e. The number of hydrogen-bond acceptors (Lipinski definition) is 3. The predicted octanol–water partition coefficient (Wildman–Crippen LogP) is 2.76. The highest BCUT2D eigenvalue weighted by molar-refractivity contribution is 4.75. The molecule has 0 radical (unpaired) electrons. The Morgan fingerprint density at radius 3 is 2.84 bits per heavy atom. The van der Waals surface area contributed by atoms with E-state index in [2.05, 4.69) is 37.9 Å². The summed E-state index contributed by atoms with van der Waals surface area (Å²) in [5, 5.41) is 3.68. The maximum atomic E-state index is 5.67. The van der Waals surface area contributed by atoms with Crippen LogP contribution < -0.4 is 5.32 Å². The third-order valence-electron chi connectivity index (χ3n) is 3.83. The zero-order valence-electron chi connectivity index (χ0n) is 13.5. The molecule has 0 bridgehead atoms. The standard InChI is InChI=1S/C16H34N2O/c1-5-16-7-9-18(12-15(4)11-17-16)8-6-10-19-13-14(2)3/h14-17H,5-13H2,1-4H3. The first-order chi connectivity index (χ1) is 9.11. The van der Waals surface area contributed by atoms with E-state index in [0.717, 1.165) is 19.1 Å². The van der Waals surface area contributed by atoms with E-state index in [1.54, 1.807) is 0 Å². The molecule has 1 rings (SSSR count). The van der Waals surface area contributed by atoms with Gasteiger partial charge in [-0.05, 0) is 44.2 Å². The van der Waals surface area contributed by atoms with Crippen LogP contribution in [0.3, 0.4) is 0 Å². The molecule has 1 N–H and O–H groups in total. The number of rotatable bonds is 7. The Labute approximate surface area is 120 Å². The molecule has 1 aliphatic rings. The summed E-state index contributed by atoms with van der Waals surface area (Å²) in [7, 11) is 0. The molecule has 19 heavy (non-hydrogen) atoms. The number of nitrogens with zero attached hydrogens (tertiary/aromatic N) is 1. The average Bonchev–Trinajstić information content (AvgIpc) is 2.35. The highest BCUT2D eigenvalue weighted by Gasteiger charge is 2.17. The van der Waals surface area contributed by atoms with Gasteiger partial charge in [-0.15, -0.1) is 0 Å². The van der Waals surface area contributed by atoms with Crippen molar-refractivity contribution in [3.63, 3.8) is 0 Å².